The van der Waals surface area contributed by atoms with Gasteiger partial charge in [0.1, 0.15) is 5.75 Å². The molecule has 0 radical (unpaired) electrons. The summed E-state index contributed by atoms with van der Waals surface area (Å²) >= 11 is 3.88. The quantitative estimate of drug-likeness (QED) is 0.809. The lowest BCUT2D eigenvalue weighted by atomic mass is 10.3. The molecule has 0 aliphatic carbocycles. The lowest BCUT2D eigenvalue weighted by Crippen LogP contribution is -2.36. The molecule has 104 valence electrons. The second-order valence-corrected chi connectivity index (χ2v) is 6.79. The van der Waals surface area contributed by atoms with Crippen molar-refractivity contribution in [2.75, 3.05) is 36.1 Å². The first-order chi connectivity index (χ1) is 9.24. The van der Waals surface area contributed by atoms with Gasteiger partial charge < -0.3 is 15.8 Å². The first kappa shape index (κ1) is 14.4. The van der Waals surface area contributed by atoms with Crippen LogP contribution in [0.4, 0.5) is 5.69 Å². The fourth-order valence-electron chi connectivity index (χ4n) is 1.65. The van der Waals surface area contributed by atoms with E-state index in [1.54, 1.807) is 24.3 Å². The average Bonchev–Trinajstić information content (AvgIpc) is 2.45. The normalized spacial score (nSPS) is 18.8. The Morgan fingerprint density at radius 1 is 1.37 bits per heavy atom. The third kappa shape index (κ3) is 5.24. The van der Waals surface area contributed by atoms with E-state index in [1.807, 2.05) is 23.5 Å². The lowest BCUT2D eigenvalue weighted by Gasteiger charge is -2.21. The minimum atomic E-state index is -0.0759. The Labute approximate surface area is 121 Å². The van der Waals surface area contributed by atoms with Crippen LogP contribution in [0.5, 0.6) is 5.75 Å². The van der Waals surface area contributed by atoms with E-state index in [4.69, 9.17) is 10.5 Å². The summed E-state index contributed by atoms with van der Waals surface area (Å²) in [5.74, 6) is 4.09. The second-order valence-electron chi connectivity index (χ2n) is 4.23. The van der Waals surface area contributed by atoms with Crippen LogP contribution in [0.2, 0.25) is 0 Å². The number of hydrogen-bond acceptors (Lipinski definition) is 5. The summed E-state index contributed by atoms with van der Waals surface area (Å²) in [5, 5.41) is 3.44. The van der Waals surface area contributed by atoms with Crippen molar-refractivity contribution in [3.63, 3.8) is 0 Å². The average molecular weight is 298 g/mol. The molecule has 0 spiro atoms. The molecular formula is C13H18N2O2S2. The lowest BCUT2D eigenvalue weighted by molar-refractivity contribution is -0.123. The van der Waals surface area contributed by atoms with Crippen molar-refractivity contribution in [1.82, 2.24) is 5.32 Å². The maximum atomic E-state index is 11.6. The molecule has 1 unspecified atom stereocenters. The first-order valence-corrected chi connectivity index (χ1v) is 8.39. The van der Waals surface area contributed by atoms with Gasteiger partial charge in [0.25, 0.3) is 5.91 Å². The smallest absolute Gasteiger partial charge is 0.257 e. The number of nitrogens with two attached hydrogens (primary N) is 1. The van der Waals surface area contributed by atoms with Crippen molar-refractivity contribution in [3.05, 3.63) is 24.3 Å². The van der Waals surface area contributed by atoms with Gasteiger partial charge >= 0.3 is 0 Å². The molecule has 1 saturated heterocycles. The van der Waals surface area contributed by atoms with Gasteiger partial charge in [0, 0.05) is 34.7 Å². The number of benzene rings is 1. The molecule has 1 aliphatic heterocycles. The van der Waals surface area contributed by atoms with Gasteiger partial charge in [0.05, 0.1) is 0 Å². The monoisotopic (exact) mass is 298 g/mol. The van der Waals surface area contributed by atoms with Gasteiger partial charge in [-0.05, 0) is 24.3 Å². The van der Waals surface area contributed by atoms with Crippen LogP contribution in [-0.4, -0.2) is 41.6 Å². The van der Waals surface area contributed by atoms with E-state index in [0.717, 1.165) is 12.3 Å². The Balaban J connectivity index is 1.65. The molecule has 19 heavy (non-hydrogen) atoms. The fraction of sp³-hybridized carbons (Fsp3) is 0.462. The summed E-state index contributed by atoms with van der Waals surface area (Å²) in [5.41, 5.74) is 6.26. The van der Waals surface area contributed by atoms with Crippen LogP contribution in [-0.2, 0) is 4.79 Å². The minimum Gasteiger partial charge on any atom is -0.484 e. The van der Waals surface area contributed by atoms with Crippen molar-refractivity contribution in [1.29, 1.82) is 0 Å². The molecule has 0 saturated carbocycles. The van der Waals surface area contributed by atoms with Gasteiger partial charge in [-0.3, -0.25) is 4.79 Å². The number of anilines is 1. The number of carbonyl (C=O) groups excluding carboxylic acids is 1. The molecule has 1 aromatic rings. The number of thioether (sulfide) groups is 2. The van der Waals surface area contributed by atoms with E-state index in [2.05, 4.69) is 5.32 Å². The van der Waals surface area contributed by atoms with Crippen molar-refractivity contribution in [2.24, 2.45) is 0 Å². The molecule has 1 amide bonds. The molecule has 2 rings (SSSR count). The Bertz CT molecular complexity index is 406. The Morgan fingerprint density at radius 2 is 2.16 bits per heavy atom. The van der Waals surface area contributed by atoms with Gasteiger partial charge in [0.15, 0.2) is 6.61 Å². The third-order valence-corrected chi connectivity index (χ3v) is 5.51. The van der Waals surface area contributed by atoms with Crippen molar-refractivity contribution >= 4 is 35.1 Å². The Morgan fingerprint density at radius 3 is 2.84 bits per heavy atom. The van der Waals surface area contributed by atoms with Gasteiger partial charge in [-0.2, -0.15) is 23.5 Å². The zero-order chi connectivity index (χ0) is 13.5. The molecule has 0 bridgehead atoms. The van der Waals surface area contributed by atoms with E-state index in [-0.39, 0.29) is 12.5 Å². The Kier molecular flexibility index (Phi) is 5.72. The number of rotatable bonds is 5. The van der Waals surface area contributed by atoms with E-state index in [0.29, 0.717) is 16.7 Å². The summed E-state index contributed by atoms with van der Waals surface area (Å²) < 4.78 is 5.38. The molecule has 1 aliphatic rings. The van der Waals surface area contributed by atoms with Crippen LogP contribution in [0.25, 0.3) is 0 Å². The van der Waals surface area contributed by atoms with E-state index in [1.165, 1.54) is 11.5 Å². The molecule has 1 atom stereocenters. The highest BCUT2D eigenvalue weighted by molar-refractivity contribution is 8.06. The number of hydrogen-bond donors (Lipinski definition) is 2. The van der Waals surface area contributed by atoms with Gasteiger partial charge in [-0.15, -0.1) is 0 Å². The van der Waals surface area contributed by atoms with Crippen LogP contribution in [0.3, 0.4) is 0 Å². The topological polar surface area (TPSA) is 64.3 Å². The summed E-state index contributed by atoms with van der Waals surface area (Å²) in [6, 6.07) is 7.03. The predicted molar refractivity (Wildman–Crippen MR) is 82.9 cm³/mol. The predicted octanol–water partition coefficient (Wildman–Crippen LogP) is 1.61. The number of nitrogen functional groups attached to an aromatic ring is 1. The fourth-order valence-corrected chi connectivity index (χ4v) is 4.26. The SMILES string of the molecule is Nc1ccc(OCC(=O)NCC2CSCCS2)cc1. The number of amides is 1. The van der Waals surface area contributed by atoms with Crippen molar-refractivity contribution in [3.8, 4) is 5.75 Å². The molecule has 6 heteroatoms. The minimum absolute atomic E-state index is 0.0500. The summed E-state index contributed by atoms with van der Waals surface area (Å²) in [6.07, 6.45) is 0. The van der Waals surface area contributed by atoms with Crippen LogP contribution in [0.15, 0.2) is 24.3 Å². The standard InChI is InChI=1S/C13H18N2O2S2/c14-10-1-3-11(4-2-10)17-8-13(16)15-7-12-9-18-5-6-19-12/h1-4,12H,5-9,14H2,(H,15,16). The highest BCUT2D eigenvalue weighted by atomic mass is 32.2. The van der Waals surface area contributed by atoms with Gasteiger partial charge in [-0.25, -0.2) is 0 Å². The molecule has 4 nitrogen and oxygen atoms in total. The highest BCUT2D eigenvalue weighted by Gasteiger charge is 2.15. The van der Waals surface area contributed by atoms with Crippen LogP contribution < -0.4 is 15.8 Å². The molecule has 1 aromatic carbocycles. The number of carbonyl (C=O) groups is 1. The molecule has 1 fully saturated rings. The first-order valence-electron chi connectivity index (χ1n) is 6.18. The third-order valence-electron chi connectivity index (χ3n) is 2.66. The van der Waals surface area contributed by atoms with Crippen molar-refractivity contribution in [2.45, 2.75) is 5.25 Å². The summed E-state index contributed by atoms with van der Waals surface area (Å²) in [6.45, 7) is 0.774. The second kappa shape index (κ2) is 7.55. The Hall–Kier alpha value is -1.01. The number of ether oxygens (including phenoxy) is 1. The van der Waals surface area contributed by atoms with Gasteiger partial charge in [0.2, 0.25) is 0 Å². The number of nitrogens with one attached hydrogen (secondary N) is 1. The summed E-state index contributed by atoms with van der Waals surface area (Å²) in [4.78, 5) is 11.6. The maximum Gasteiger partial charge on any atom is 0.257 e. The zero-order valence-electron chi connectivity index (χ0n) is 10.6. The van der Waals surface area contributed by atoms with E-state index in [9.17, 15) is 4.79 Å². The molecular weight excluding hydrogens is 280 g/mol. The van der Waals surface area contributed by atoms with Crippen molar-refractivity contribution < 1.29 is 9.53 Å². The maximum absolute atomic E-state index is 11.6. The highest BCUT2D eigenvalue weighted by Crippen LogP contribution is 2.23. The largest absolute Gasteiger partial charge is 0.484 e. The van der Waals surface area contributed by atoms with E-state index >= 15 is 0 Å². The molecule has 3 N–H and O–H groups in total. The summed E-state index contributed by atoms with van der Waals surface area (Å²) in [7, 11) is 0. The van der Waals surface area contributed by atoms with Crippen LogP contribution in [0, 0.1) is 0 Å². The van der Waals surface area contributed by atoms with Crippen LogP contribution in [0.1, 0.15) is 0 Å². The molecule has 1 heterocycles. The van der Waals surface area contributed by atoms with Gasteiger partial charge in [-0.1, -0.05) is 0 Å². The zero-order valence-corrected chi connectivity index (χ0v) is 12.3. The van der Waals surface area contributed by atoms with Crippen LogP contribution >= 0.6 is 23.5 Å². The van der Waals surface area contributed by atoms with E-state index < -0.39 is 0 Å². The molecule has 0 aromatic heterocycles.